The van der Waals surface area contributed by atoms with Crippen molar-refractivity contribution in [3.8, 4) is 0 Å². The number of hydrazine groups is 1. The Bertz CT molecular complexity index is 872. The standard InChI is InChI=1S/C18H25N.C11H22N2O2.C3H9N.C2H5N/c1-5-8-14(4)19-18(13(2)3)17-11-15-9-6-7-10-16(15)12-17;1-4-6-7-8(3)9(5-2)10(14)11(15)13-12;1-3-4-2;1-2-3/h6-7,9-10,17-19H,2,4-5,8,11-12H2,1,3H3;8-9H,4-7,12H2,1-3H3,(H,13,15);4H,3H2,1-2H3;2H,1,3H2. The number of ketones is 1. The maximum atomic E-state index is 11.6. The molecule has 7 N–H and O–H groups in total. The van der Waals surface area contributed by atoms with Crippen molar-refractivity contribution in [1.29, 1.82) is 0 Å². The van der Waals surface area contributed by atoms with Crippen LogP contribution in [0.3, 0.4) is 0 Å². The summed E-state index contributed by atoms with van der Waals surface area (Å²) in [6, 6.07) is 9.14. The van der Waals surface area contributed by atoms with E-state index >= 15 is 0 Å². The molecule has 7 nitrogen and oxygen atoms in total. The number of amides is 1. The molecule has 0 saturated carbocycles. The minimum atomic E-state index is -0.676. The molecule has 3 atom stereocenters. The van der Waals surface area contributed by atoms with Crippen LogP contribution in [0.15, 0.2) is 61.5 Å². The van der Waals surface area contributed by atoms with Crippen LogP contribution in [0.5, 0.6) is 0 Å². The number of hydrogen-bond donors (Lipinski definition) is 5. The van der Waals surface area contributed by atoms with Crippen LogP contribution in [-0.4, -0.2) is 31.3 Å². The van der Waals surface area contributed by atoms with Crippen LogP contribution < -0.4 is 27.6 Å². The van der Waals surface area contributed by atoms with Gasteiger partial charge in [-0.3, -0.25) is 15.0 Å². The zero-order valence-corrected chi connectivity index (χ0v) is 27.2. The first-order valence-electron chi connectivity index (χ1n) is 15.2. The van der Waals surface area contributed by atoms with E-state index in [0.717, 1.165) is 57.2 Å². The molecule has 0 saturated heterocycles. The van der Waals surface area contributed by atoms with Crippen molar-refractivity contribution < 1.29 is 9.59 Å². The molecule has 1 aliphatic rings. The lowest BCUT2D eigenvalue weighted by molar-refractivity contribution is -0.141. The van der Waals surface area contributed by atoms with Gasteiger partial charge in [0.25, 0.3) is 0 Å². The number of rotatable bonds is 14. The first kappa shape index (κ1) is 40.2. The van der Waals surface area contributed by atoms with E-state index in [9.17, 15) is 9.59 Å². The molecule has 0 aromatic heterocycles. The van der Waals surface area contributed by atoms with E-state index in [4.69, 9.17) is 5.84 Å². The molecule has 41 heavy (non-hydrogen) atoms. The first-order valence-corrected chi connectivity index (χ1v) is 15.2. The van der Waals surface area contributed by atoms with E-state index in [0.29, 0.717) is 18.4 Å². The second-order valence-corrected chi connectivity index (χ2v) is 10.7. The number of fused-ring (bicyclic) bond motifs is 1. The smallest absolute Gasteiger partial charge is 0.301 e. The molecule has 0 aliphatic heterocycles. The van der Waals surface area contributed by atoms with Crippen molar-refractivity contribution in [2.45, 2.75) is 99.0 Å². The maximum absolute atomic E-state index is 11.6. The Labute approximate surface area is 251 Å². The van der Waals surface area contributed by atoms with Gasteiger partial charge in [0.2, 0.25) is 5.78 Å². The van der Waals surface area contributed by atoms with Crippen molar-refractivity contribution in [1.82, 2.24) is 16.1 Å². The average molecular weight is 572 g/mol. The summed E-state index contributed by atoms with van der Waals surface area (Å²) in [4.78, 5) is 22.7. The van der Waals surface area contributed by atoms with Gasteiger partial charge in [-0.15, -0.1) is 0 Å². The van der Waals surface area contributed by atoms with Crippen molar-refractivity contribution in [3.05, 3.63) is 72.6 Å². The van der Waals surface area contributed by atoms with Crippen LogP contribution in [0.25, 0.3) is 0 Å². The number of benzene rings is 1. The summed E-state index contributed by atoms with van der Waals surface area (Å²) >= 11 is 0. The fourth-order valence-electron chi connectivity index (χ4n) is 4.88. The van der Waals surface area contributed by atoms with Crippen LogP contribution in [-0.2, 0) is 22.4 Å². The van der Waals surface area contributed by atoms with Gasteiger partial charge in [-0.1, -0.05) is 110 Å². The van der Waals surface area contributed by atoms with Crippen molar-refractivity contribution in [2.75, 3.05) is 13.6 Å². The third-order valence-electron chi connectivity index (χ3n) is 7.18. The molecule has 0 bridgehead atoms. The van der Waals surface area contributed by atoms with Gasteiger partial charge in [-0.25, -0.2) is 5.84 Å². The fourth-order valence-corrected chi connectivity index (χ4v) is 4.88. The molecule has 1 amide bonds. The van der Waals surface area contributed by atoms with E-state index in [1.54, 1.807) is 0 Å². The van der Waals surface area contributed by atoms with E-state index in [1.165, 1.54) is 22.9 Å². The van der Waals surface area contributed by atoms with Gasteiger partial charge < -0.3 is 16.4 Å². The monoisotopic (exact) mass is 571 g/mol. The average Bonchev–Trinajstić information content (AvgIpc) is 3.39. The van der Waals surface area contributed by atoms with Crippen molar-refractivity contribution in [2.24, 2.45) is 29.3 Å². The molecule has 234 valence electrons. The highest BCUT2D eigenvalue weighted by molar-refractivity contribution is 6.36. The Hall–Kier alpha value is -2.90. The third-order valence-corrected chi connectivity index (χ3v) is 7.18. The first-order chi connectivity index (χ1) is 19.5. The summed E-state index contributed by atoms with van der Waals surface area (Å²) in [6.45, 7) is 25.0. The molecule has 0 spiro atoms. The molecule has 7 heteroatoms. The predicted octanol–water partition coefficient (Wildman–Crippen LogP) is 5.96. The topological polar surface area (TPSA) is 122 Å². The zero-order chi connectivity index (χ0) is 31.8. The van der Waals surface area contributed by atoms with Crippen LogP contribution in [0, 0.1) is 17.8 Å². The highest BCUT2D eigenvalue weighted by Gasteiger charge is 2.29. The SMILES string of the molecule is C=C(CCC)NC(C(=C)C)C1Cc2ccccc2C1.C=CN.CCCCC(C)C(CC)C(=O)C(=O)NN.CCNC. The molecule has 3 unspecified atom stereocenters. The minimum absolute atomic E-state index is 0.194. The predicted molar refractivity (Wildman–Crippen MR) is 177 cm³/mol. The van der Waals surface area contributed by atoms with Gasteiger partial charge in [-0.2, -0.15) is 0 Å². The maximum Gasteiger partial charge on any atom is 0.301 e. The Morgan fingerprint density at radius 2 is 1.59 bits per heavy atom. The van der Waals surface area contributed by atoms with Gasteiger partial charge in [0, 0.05) is 17.7 Å². The van der Waals surface area contributed by atoms with Crippen molar-refractivity contribution in [3.63, 3.8) is 0 Å². The molecular weight excluding hydrogens is 510 g/mol. The van der Waals surface area contributed by atoms with E-state index < -0.39 is 5.91 Å². The summed E-state index contributed by atoms with van der Waals surface area (Å²) in [6.07, 6.45) is 9.62. The van der Waals surface area contributed by atoms with Crippen LogP contribution in [0.1, 0.15) is 91.2 Å². The summed E-state index contributed by atoms with van der Waals surface area (Å²) in [5, 5.41) is 6.53. The summed E-state index contributed by atoms with van der Waals surface area (Å²) in [5.74, 6) is 4.55. The van der Waals surface area contributed by atoms with Crippen LogP contribution in [0.4, 0.5) is 0 Å². The number of nitrogens with one attached hydrogen (secondary N) is 3. The number of hydrogen-bond acceptors (Lipinski definition) is 6. The lowest BCUT2D eigenvalue weighted by Crippen LogP contribution is -2.41. The molecule has 2 rings (SSSR count). The summed E-state index contributed by atoms with van der Waals surface area (Å²) in [5.41, 5.74) is 11.9. The van der Waals surface area contributed by atoms with Gasteiger partial charge in [0.15, 0.2) is 0 Å². The quantitative estimate of drug-likeness (QED) is 0.0617. The molecule has 1 aromatic carbocycles. The van der Waals surface area contributed by atoms with E-state index in [1.807, 2.05) is 26.3 Å². The molecule has 0 heterocycles. The number of nitrogens with two attached hydrogens (primary N) is 2. The number of Topliss-reactive ketones (excluding diaryl/α,β-unsaturated/α-hetero) is 1. The second kappa shape index (κ2) is 24.9. The van der Waals surface area contributed by atoms with Crippen LogP contribution in [0.2, 0.25) is 0 Å². The summed E-state index contributed by atoms with van der Waals surface area (Å²) in [7, 11) is 1.93. The van der Waals surface area contributed by atoms with Gasteiger partial charge >= 0.3 is 5.91 Å². The van der Waals surface area contributed by atoms with Gasteiger partial charge in [0.05, 0.1) is 0 Å². The molecular formula is C34H61N5O2. The summed E-state index contributed by atoms with van der Waals surface area (Å²) < 4.78 is 0. The van der Waals surface area contributed by atoms with E-state index in [2.05, 4.69) is 88.1 Å². The van der Waals surface area contributed by atoms with Gasteiger partial charge in [0.1, 0.15) is 0 Å². The molecule has 1 aliphatic carbocycles. The largest absolute Gasteiger partial charge is 0.405 e. The van der Waals surface area contributed by atoms with E-state index in [-0.39, 0.29) is 17.6 Å². The van der Waals surface area contributed by atoms with Crippen molar-refractivity contribution >= 4 is 11.7 Å². The zero-order valence-electron chi connectivity index (χ0n) is 27.2. The number of unbranched alkanes of at least 4 members (excludes halogenated alkanes) is 1. The third kappa shape index (κ3) is 16.8. The minimum Gasteiger partial charge on any atom is -0.405 e. The molecule has 1 aromatic rings. The normalized spacial score (nSPS) is 13.7. The second-order valence-electron chi connectivity index (χ2n) is 10.7. The Morgan fingerprint density at radius 3 is 1.95 bits per heavy atom. The van der Waals surface area contributed by atoms with Gasteiger partial charge in [-0.05, 0) is 75.4 Å². The highest BCUT2D eigenvalue weighted by atomic mass is 16.2. The Kier molecular flexibility index (Phi) is 24.4. The number of carbonyl (C=O) groups excluding carboxylic acids is 2. The molecule has 0 fully saturated rings. The highest BCUT2D eigenvalue weighted by Crippen LogP contribution is 2.31. The number of allylic oxidation sites excluding steroid dienone is 1. The lowest BCUT2D eigenvalue weighted by Gasteiger charge is -2.27. The Morgan fingerprint density at radius 1 is 1.07 bits per heavy atom. The number of carbonyl (C=O) groups is 2. The Balaban J connectivity index is 0. The lowest BCUT2D eigenvalue weighted by atomic mass is 9.84. The van der Waals surface area contributed by atoms with Crippen LogP contribution >= 0.6 is 0 Å². The molecule has 0 radical (unpaired) electrons. The fraction of sp³-hybridized carbons (Fsp3) is 0.588.